The summed E-state index contributed by atoms with van der Waals surface area (Å²) in [4.78, 5) is 17.4. The molecule has 1 N–H and O–H groups in total. The molecular formula is C24H26FN3O. The number of imidazole rings is 1. The maximum Gasteiger partial charge on any atom is 0.252 e. The summed E-state index contributed by atoms with van der Waals surface area (Å²) in [7, 11) is 1.88. The van der Waals surface area contributed by atoms with Crippen LogP contribution in [0.1, 0.15) is 71.4 Å². The third kappa shape index (κ3) is 4.39. The van der Waals surface area contributed by atoms with Gasteiger partial charge in [-0.3, -0.25) is 4.79 Å². The average molecular weight is 391 g/mol. The highest BCUT2D eigenvalue weighted by molar-refractivity contribution is 5.94. The van der Waals surface area contributed by atoms with E-state index in [2.05, 4.69) is 22.4 Å². The van der Waals surface area contributed by atoms with E-state index >= 15 is 0 Å². The summed E-state index contributed by atoms with van der Waals surface area (Å²) < 4.78 is 15.2. The topological polar surface area (TPSA) is 46.9 Å². The lowest BCUT2D eigenvalue weighted by Crippen LogP contribution is -2.31. The maximum atomic E-state index is 13.4. The van der Waals surface area contributed by atoms with Crippen LogP contribution in [0, 0.1) is 5.82 Å². The number of hydrogen-bond donors (Lipinski definition) is 1. The van der Waals surface area contributed by atoms with E-state index in [-0.39, 0.29) is 11.7 Å². The molecular weight excluding hydrogens is 365 g/mol. The Morgan fingerprint density at radius 2 is 1.76 bits per heavy atom. The van der Waals surface area contributed by atoms with Gasteiger partial charge in [0.25, 0.3) is 5.91 Å². The molecule has 4 nitrogen and oxygen atoms in total. The van der Waals surface area contributed by atoms with E-state index in [0.29, 0.717) is 17.3 Å². The molecule has 150 valence electrons. The van der Waals surface area contributed by atoms with Gasteiger partial charge in [-0.2, -0.15) is 0 Å². The zero-order valence-corrected chi connectivity index (χ0v) is 16.6. The van der Waals surface area contributed by atoms with Crippen molar-refractivity contribution in [2.45, 2.75) is 44.1 Å². The molecule has 1 unspecified atom stereocenters. The van der Waals surface area contributed by atoms with Crippen LogP contribution in [-0.4, -0.2) is 15.5 Å². The molecule has 0 spiro atoms. The largest absolute Gasteiger partial charge is 0.338 e. The second kappa shape index (κ2) is 8.60. The molecule has 5 heteroatoms. The van der Waals surface area contributed by atoms with Gasteiger partial charge >= 0.3 is 0 Å². The van der Waals surface area contributed by atoms with E-state index in [0.717, 1.165) is 5.56 Å². The van der Waals surface area contributed by atoms with E-state index in [1.807, 2.05) is 29.9 Å². The Labute approximate surface area is 170 Å². The predicted molar refractivity (Wildman–Crippen MR) is 111 cm³/mol. The summed E-state index contributed by atoms with van der Waals surface area (Å²) in [6.07, 6.45) is 9.89. The van der Waals surface area contributed by atoms with Crippen LogP contribution >= 0.6 is 0 Å². The predicted octanol–water partition coefficient (Wildman–Crippen LogP) is 5.13. The number of hydrogen-bond acceptors (Lipinski definition) is 2. The van der Waals surface area contributed by atoms with Gasteiger partial charge < -0.3 is 9.88 Å². The van der Waals surface area contributed by atoms with Gasteiger partial charge in [-0.15, -0.1) is 0 Å². The van der Waals surface area contributed by atoms with Crippen LogP contribution in [-0.2, 0) is 7.05 Å². The van der Waals surface area contributed by atoms with Gasteiger partial charge in [0.05, 0.1) is 0 Å². The number of aromatic nitrogens is 2. The summed E-state index contributed by atoms with van der Waals surface area (Å²) in [6, 6.07) is 13.7. The van der Waals surface area contributed by atoms with Gasteiger partial charge in [-0.1, -0.05) is 43.5 Å². The maximum absolute atomic E-state index is 13.4. The Morgan fingerprint density at radius 3 is 2.38 bits per heavy atom. The molecule has 0 bridgehead atoms. The molecule has 4 rings (SSSR count). The first-order chi connectivity index (χ1) is 14.1. The normalized spacial score (nSPS) is 15.8. The van der Waals surface area contributed by atoms with Crippen molar-refractivity contribution in [3.05, 3.63) is 89.3 Å². The fraction of sp³-hybridized carbons (Fsp3) is 0.333. The molecule has 29 heavy (non-hydrogen) atoms. The minimum atomic E-state index is -0.457. The fourth-order valence-corrected chi connectivity index (χ4v) is 4.16. The van der Waals surface area contributed by atoms with Crippen molar-refractivity contribution >= 4 is 5.91 Å². The standard InChI is InChI=1S/C24H26FN3O/c1-28-16-15-26-23(28)22(19-11-13-21(25)14-12-19)27-24(29)20-9-7-18(8-10-20)17-5-3-2-4-6-17/h7-17,22H,2-6H2,1H3,(H,27,29). The van der Waals surface area contributed by atoms with Crippen LogP contribution in [0.3, 0.4) is 0 Å². The van der Waals surface area contributed by atoms with E-state index in [9.17, 15) is 9.18 Å². The Hall–Kier alpha value is -2.95. The average Bonchev–Trinajstić information content (AvgIpc) is 3.19. The van der Waals surface area contributed by atoms with Gasteiger partial charge in [-0.25, -0.2) is 9.37 Å². The first-order valence-corrected chi connectivity index (χ1v) is 10.3. The second-order valence-corrected chi connectivity index (χ2v) is 7.81. The summed E-state index contributed by atoms with van der Waals surface area (Å²) in [5, 5.41) is 3.07. The summed E-state index contributed by atoms with van der Waals surface area (Å²) in [5.41, 5.74) is 2.72. The number of rotatable bonds is 5. The van der Waals surface area contributed by atoms with Crippen LogP contribution in [0.2, 0.25) is 0 Å². The summed E-state index contributed by atoms with van der Waals surface area (Å²) in [5.74, 6) is 0.832. The zero-order valence-electron chi connectivity index (χ0n) is 16.6. The molecule has 2 aromatic carbocycles. The molecule has 3 aromatic rings. The molecule has 1 saturated carbocycles. The first-order valence-electron chi connectivity index (χ1n) is 10.3. The van der Waals surface area contributed by atoms with Gasteiger partial charge in [0.1, 0.15) is 17.7 Å². The summed E-state index contributed by atoms with van der Waals surface area (Å²) in [6.45, 7) is 0. The first kappa shape index (κ1) is 19.4. The molecule has 1 heterocycles. The number of amides is 1. The molecule has 0 radical (unpaired) electrons. The lowest BCUT2D eigenvalue weighted by atomic mass is 9.84. The fourth-order valence-electron chi connectivity index (χ4n) is 4.16. The van der Waals surface area contributed by atoms with Gasteiger partial charge in [0, 0.05) is 25.0 Å². The van der Waals surface area contributed by atoms with Crippen LogP contribution in [0.15, 0.2) is 60.9 Å². The Bertz CT molecular complexity index is 957. The molecule has 1 aliphatic carbocycles. The van der Waals surface area contributed by atoms with Crippen LogP contribution in [0.5, 0.6) is 0 Å². The molecule has 0 aliphatic heterocycles. The number of halogens is 1. The summed E-state index contributed by atoms with van der Waals surface area (Å²) >= 11 is 0. The van der Waals surface area contributed by atoms with Crippen molar-refractivity contribution in [2.24, 2.45) is 7.05 Å². The number of carbonyl (C=O) groups excluding carboxylic acids is 1. The highest BCUT2D eigenvalue weighted by atomic mass is 19.1. The van der Waals surface area contributed by atoms with Crippen molar-refractivity contribution in [3.63, 3.8) is 0 Å². The zero-order chi connectivity index (χ0) is 20.2. The van der Waals surface area contributed by atoms with Crippen LogP contribution < -0.4 is 5.32 Å². The Kier molecular flexibility index (Phi) is 5.74. The Balaban J connectivity index is 1.55. The minimum absolute atomic E-state index is 0.169. The smallest absolute Gasteiger partial charge is 0.252 e. The molecule has 1 aliphatic rings. The number of benzene rings is 2. The number of aryl methyl sites for hydroxylation is 1. The van der Waals surface area contributed by atoms with E-state index in [1.54, 1.807) is 18.3 Å². The second-order valence-electron chi connectivity index (χ2n) is 7.81. The van der Waals surface area contributed by atoms with Crippen molar-refractivity contribution in [3.8, 4) is 0 Å². The molecule has 0 saturated heterocycles. The lowest BCUT2D eigenvalue weighted by Gasteiger charge is -2.22. The van der Waals surface area contributed by atoms with Crippen molar-refractivity contribution in [1.29, 1.82) is 0 Å². The number of nitrogens with zero attached hydrogens (tertiary/aromatic N) is 2. The quantitative estimate of drug-likeness (QED) is 0.656. The number of carbonyl (C=O) groups is 1. The molecule has 1 amide bonds. The van der Waals surface area contributed by atoms with Gasteiger partial charge in [0.15, 0.2) is 0 Å². The monoisotopic (exact) mass is 391 g/mol. The molecule has 1 aromatic heterocycles. The molecule has 1 fully saturated rings. The van der Waals surface area contributed by atoms with Gasteiger partial charge in [0.2, 0.25) is 0 Å². The van der Waals surface area contributed by atoms with Gasteiger partial charge in [-0.05, 0) is 54.2 Å². The number of nitrogens with one attached hydrogen (secondary N) is 1. The lowest BCUT2D eigenvalue weighted by molar-refractivity contribution is 0.0941. The highest BCUT2D eigenvalue weighted by Gasteiger charge is 2.22. The third-order valence-corrected chi connectivity index (χ3v) is 5.84. The molecule has 1 atom stereocenters. The SMILES string of the molecule is Cn1ccnc1C(NC(=O)c1ccc(C2CCCCC2)cc1)c1ccc(F)cc1. The van der Waals surface area contributed by atoms with Crippen LogP contribution in [0.25, 0.3) is 0 Å². The van der Waals surface area contributed by atoms with E-state index < -0.39 is 6.04 Å². The van der Waals surface area contributed by atoms with Crippen molar-refractivity contribution in [1.82, 2.24) is 14.9 Å². The van der Waals surface area contributed by atoms with Crippen LogP contribution in [0.4, 0.5) is 4.39 Å². The minimum Gasteiger partial charge on any atom is -0.338 e. The van der Waals surface area contributed by atoms with Crippen molar-refractivity contribution in [2.75, 3.05) is 0 Å². The van der Waals surface area contributed by atoms with E-state index in [1.165, 1.54) is 49.8 Å². The van der Waals surface area contributed by atoms with Crippen molar-refractivity contribution < 1.29 is 9.18 Å². The highest BCUT2D eigenvalue weighted by Crippen LogP contribution is 2.32. The third-order valence-electron chi connectivity index (χ3n) is 5.84. The van der Waals surface area contributed by atoms with E-state index in [4.69, 9.17) is 0 Å². The Morgan fingerprint density at radius 1 is 1.07 bits per heavy atom.